The topological polar surface area (TPSA) is 46.3 Å². The van der Waals surface area contributed by atoms with Crippen molar-refractivity contribution in [2.45, 2.75) is 57.5 Å². The molecule has 1 amide bonds. The van der Waals surface area contributed by atoms with E-state index in [2.05, 4.69) is 36.1 Å². The predicted molar refractivity (Wildman–Crippen MR) is 85.0 cm³/mol. The molecule has 1 heterocycles. The number of carbonyl (C=O) groups excluding carboxylic acids is 1. The molecule has 0 bridgehead atoms. The Balaban J connectivity index is 1.71. The number of nitrogens with two attached hydrogens (primary N) is 1. The summed E-state index contributed by atoms with van der Waals surface area (Å²) in [5.41, 5.74) is 8.75. The van der Waals surface area contributed by atoms with Crippen LogP contribution >= 0.6 is 0 Å². The molecule has 0 radical (unpaired) electrons. The van der Waals surface area contributed by atoms with Crippen LogP contribution < -0.4 is 5.73 Å². The number of amides is 1. The number of likely N-dealkylation sites (tertiary alicyclic amines) is 1. The van der Waals surface area contributed by atoms with Crippen LogP contribution in [-0.4, -0.2) is 29.4 Å². The second kappa shape index (κ2) is 5.80. The number of piperidine rings is 1. The van der Waals surface area contributed by atoms with Crippen molar-refractivity contribution < 1.29 is 4.79 Å². The first kappa shape index (κ1) is 14.6. The normalized spacial score (nSPS) is 30.0. The fraction of sp³-hybridized carbons (Fsp3) is 0.611. The maximum Gasteiger partial charge on any atom is 0.226 e. The third kappa shape index (κ3) is 2.84. The summed E-state index contributed by atoms with van der Waals surface area (Å²) < 4.78 is 0. The monoisotopic (exact) mass is 286 g/mol. The van der Waals surface area contributed by atoms with Crippen LogP contribution in [0.15, 0.2) is 24.3 Å². The zero-order valence-corrected chi connectivity index (χ0v) is 13.1. The van der Waals surface area contributed by atoms with Crippen LogP contribution in [0.1, 0.15) is 49.7 Å². The second-order valence-corrected chi connectivity index (χ2v) is 6.76. The van der Waals surface area contributed by atoms with Crippen molar-refractivity contribution in [3.63, 3.8) is 0 Å². The molecule has 3 heteroatoms. The Morgan fingerprint density at radius 2 is 2.10 bits per heavy atom. The van der Waals surface area contributed by atoms with Gasteiger partial charge in [-0.2, -0.15) is 0 Å². The van der Waals surface area contributed by atoms with Crippen LogP contribution in [0, 0.1) is 12.8 Å². The van der Waals surface area contributed by atoms with Crippen LogP contribution in [0.2, 0.25) is 0 Å². The average Bonchev–Trinajstić information content (AvgIpc) is 3.27. The highest BCUT2D eigenvalue weighted by molar-refractivity contribution is 5.83. The highest BCUT2D eigenvalue weighted by atomic mass is 16.2. The third-order valence-electron chi connectivity index (χ3n) is 5.13. The highest BCUT2D eigenvalue weighted by Gasteiger charge is 2.47. The molecule has 114 valence electrons. The molecule has 1 aromatic carbocycles. The minimum Gasteiger partial charge on any atom is -0.338 e. The summed E-state index contributed by atoms with van der Waals surface area (Å²) in [5, 5.41) is 0. The van der Waals surface area contributed by atoms with Crippen molar-refractivity contribution in [1.29, 1.82) is 0 Å². The number of aryl methyl sites for hydroxylation is 1. The van der Waals surface area contributed by atoms with Gasteiger partial charge in [0.15, 0.2) is 0 Å². The molecule has 2 N–H and O–H groups in total. The Kier molecular flexibility index (Phi) is 4.03. The molecule has 1 aliphatic carbocycles. The van der Waals surface area contributed by atoms with Crippen molar-refractivity contribution in [3.05, 3.63) is 35.4 Å². The van der Waals surface area contributed by atoms with E-state index in [1.807, 2.05) is 6.92 Å². The lowest BCUT2D eigenvalue weighted by atomic mass is 9.96. The lowest BCUT2D eigenvalue weighted by molar-refractivity contribution is -0.136. The maximum absolute atomic E-state index is 12.8. The quantitative estimate of drug-likeness (QED) is 0.928. The van der Waals surface area contributed by atoms with Crippen molar-refractivity contribution >= 4 is 5.91 Å². The van der Waals surface area contributed by atoms with Crippen molar-refractivity contribution in [3.8, 4) is 0 Å². The van der Waals surface area contributed by atoms with Crippen molar-refractivity contribution in [2.24, 2.45) is 11.7 Å². The Morgan fingerprint density at radius 3 is 2.81 bits per heavy atom. The van der Waals surface area contributed by atoms with E-state index < -0.39 is 0 Å². The van der Waals surface area contributed by atoms with Gasteiger partial charge in [0.1, 0.15) is 0 Å². The van der Waals surface area contributed by atoms with Crippen LogP contribution in [0.3, 0.4) is 0 Å². The minimum atomic E-state index is 0.0740. The summed E-state index contributed by atoms with van der Waals surface area (Å²) in [5.74, 6) is 0.949. The maximum atomic E-state index is 12.8. The molecule has 21 heavy (non-hydrogen) atoms. The zero-order valence-electron chi connectivity index (χ0n) is 13.1. The Morgan fingerprint density at radius 1 is 1.33 bits per heavy atom. The van der Waals surface area contributed by atoms with E-state index in [1.54, 1.807) is 0 Å². The van der Waals surface area contributed by atoms with Gasteiger partial charge in [-0.3, -0.25) is 4.79 Å². The summed E-state index contributed by atoms with van der Waals surface area (Å²) >= 11 is 0. The summed E-state index contributed by atoms with van der Waals surface area (Å²) in [6.07, 6.45) is 4.38. The summed E-state index contributed by atoms with van der Waals surface area (Å²) in [6.45, 7) is 5.06. The molecular weight excluding hydrogens is 260 g/mol. The van der Waals surface area contributed by atoms with Crippen LogP contribution in [-0.2, 0) is 4.79 Å². The molecule has 3 rings (SSSR count). The SMILES string of the molecule is Cc1ccccc1C1CC1C(=O)N1CCCCC1C(C)N. The summed E-state index contributed by atoms with van der Waals surface area (Å²) in [4.78, 5) is 14.9. The zero-order chi connectivity index (χ0) is 15.0. The number of rotatable bonds is 3. The largest absolute Gasteiger partial charge is 0.338 e. The Labute approximate surface area is 127 Å². The first-order valence-corrected chi connectivity index (χ1v) is 8.21. The molecule has 1 aromatic rings. The van der Waals surface area contributed by atoms with Gasteiger partial charge in [0.2, 0.25) is 5.91 Å². The van der Waals surface area contributed by atoms with Gasteiger partial charge in [-0.25, -0.2) is 0 Å². The van der Waals surface area contributed by atoms with Gasteiger partial charge in [0.05, 0.1) is 0 Å². The Hall–Kier alpha value is -1.35. The van der Waals surface area contributed by atoms with Crippen molar-refractivity contribution in [1.82, 2.24) is 4.90 Å². The number of nitrogens with zero attached hydrogens (tertiary/aromatic N) is 1. The van der Waals surface area contributed by atoms with E-state index in [9.17, 15) is 4.79 Å². The van der Waals surface area contributed by atoms with E-state index in [4.69, 9.17) is 5.73 Å². The molecule has 1 aliphatic heterocycles. The van der Waals surface area contributed by atoms with Gasteiger partial charge < -0.3 is 10.6 Å². The molecule has 1 saturated heterocycles. The van der Waals surface area contributed by atoms with Gasteiger partial charge in [0.25, 0.3) is 0 Å². The smallest absolute Gasteiger partial charge is 0.226 e. The molecule has 4 atom stereocenters. The first-order chi connectivity index (χ1) is 10.1. The van der Waals surface area contributed by atoms with E-state index in [0.29, 0.717) is 11.8 Å². The standard InChI is InChI=1S/C18H26N2O/c1-12-7-3-4-8-14(12)15-11-16(15)18(21)20-10-6-5-9-17(20)13(2)19/h3-4,7-8,13,15-17H,5-6,9-11,19H2,1-2H3. The van der Waals surface area contributed by atoms with Crippen LogP contribution in [0.5, 0.6) is 0 Å². The molecule has 4 unspecified atom stereocenters. The molecule has 3 nitrogen and oxygen atoms in total. The van der Waals surface area contributed by atoms with Gasteiger partial charge in [0, 0.05) is 24.5 Å². The van der Waals surface area contributed by atoms with Crippen molar-refractivity contribution in [2.75, 3.05) is 6.54 Å². The molecule has 0 spiro atoms. The lowest BCUT2D eigenvalue weighted by Gasteiger charge is -2.38. The molecular formula is C18H26N2O. The first-order valence-electron chi connectivity index (χ1n) is 8.21. The highest BCUT2D eigenvalue weighted by Crippen LogP contribution is 2.50. The number of benzene rings is 1. The summed E-state index contributed by atoms with van der Waals surface area (Å²) in [6, 6.07) is 8.77. The summed E-state index contributed by atoms with van der Waals surface area (Å²) in [7, 11) is 0. The Bertz CT molecular complexity index is 526. The van der Waals surface area contributed by atoms with Gasteiger partial charge in [-0.05, 0) is 56.6 Å². The molecule has 1 saturated carbocycles. The lowest BCUT2D eigenvalue weighted by Crippen LogP contribution is -2.52. The molecule has 2 fully saturated rings. The predicted octanol–water partition coefficient (Wildman–Crippen LogP) is 2.83. The van der Waals surface area contributed by atoms with Gasteiger partial charge in [-0.1, -0.05) is 24.3 Å². The molecule has 2 aliphatic rings. The van der Waals surface area contributed by atoms with Crippen LogP contribution in [0.4, 0.5) is 0 Å². The van der Waals surface area contributed by atoms with E-state index in [-0.39, 0.29) is 18.0 Å². The fourth-order valence-corrected chi connectivity index (χ4v) is 3.81. The fourth-order valence-electron chi connectivity index (χ4n) is 3.81. The second-order valence-electron chi connectivity index (χ2n) is 6.76. The number of carbonyl (C=O) groups is 1. The molecule has 0 aromatic heterocycles. The third-order valence-corrected chi connectivity index (χ3v) is 5.13. The number of hydrogen-bond donors (Lipinski definition) is 1. The number of hydrogen-bond acceptors (Lipinski definition) is 2. The van der Waals surface area contributed by atoms with Crippen LogP contribution in [0.25, 0.3) is 0 Å². The minimum absolute atomic E-state index is 0.0740. The van der Waals surface area contributed by atoms with Gasteiger partial charge in [-0.15, -0.1) is 0 Å². The van der Waals surface area contributed by atoms with E-state index in [0.717, 1.165) is 25.8 Å². The average molecular weight is 286 g/mol. The van der Waals surface area contributed by atoms with Gasteiger partial charge >= 0.3 is 0 Å². The van der Waals surface area contributed by atoms with E-state index in [1.165, 1.54) is 17.5 Å². The van der Waals surface area contributed by atoms with E-state index >= 15 is 0 Å².